The predicted octanol–water partition coefficient (Wildman–Crippen LogP) is 3.49. The zero-order valence-corrected chi connectivity index (χ0v) is 12.4. The Balaban J connectivity index is 1.83. The van der Waals surface area contributed by atoms with E-state index in [0.29, 0.717) is 6.04 Å². The van der Waals surface area contributed by atoms with E-state index in [9.17, 15) is 0 Å². The molecule has 1 aliphatic rings. The lowest BCUT2D eigenvalue weighted by atomic mass is 10.1. The van der Waals surface area contributed by atoms with E-state index < -0.39 is 0 Å². The Bertz CT molecular complexity index is 393. The third kappa shape index (κ3) is 4.46. The quantitative estimate of drug-likeness (QED) is 0.826. The van der Waals surface area contributed by atoms with Crippen LogP contribution in [-0.4, -0.2) is 38.0 Å². The maximum atomic E-state index is 6.03. The van der Waals surface area contributed by atoms with Gasteiger partial charge in [-0.3, -0.25) is 4.90 Å². The second-order valence-corrected chi connectivity index (χ2v) is 5.46. The van der Waals surface area contributed by atoms with E-state index in [2.05, 4.69) is 24.9 Å². The molecule has 1 aromatic rings. The Kier molecular flexibility index (Phi) is 5.64. The summed E-state index contributed by atoms with van der Waals surface area (Å²) in [6, 6.07) is 8.37. The zero-order valence-electron chi connectivity index (χ0n) is 11.6. The number of hydrogen-bond donors (Lipinski definition) is 0. The summed E-state index contributed by atoms with van der Waals surface area (Å²) in [5, 5.41) is 0.789. The molecule has 0 aliphatic carbocycles. The van der Waals surface area contributed by atoms with Gasteiger partial charge in [-0.2, -0.15) is 0 Å². The molecule has 0 spiro atoms. The molecule has 1 saturated heterocycles. The lowest BCUT2D eigenvalue weighted by molar-refractivity contribution is -0.182. The van der Waals surface area contributed by atoms with Crippen molar-refractivity contribution in [2.75, 3.05) is 26.8 Å². The van der Waals surface area contributed by atoms with E-state index in [1.165, 1.54) is 5.56 Å². The Morgan fingerprint density at radius 2 is 2.11 bits per heavy atom. The van der Waals surface area contributed by atoms with Crippen molar-refractivity contribution in [3.8, 4) is 0 Å². The molecule has 1 unspecified atom stereocenters. The fraction of sp³-hybridized carbons (Fsp3) is 0.600. The van der Waals surface area contributed by atoms with Crippen LogP contribution in [0.1, 0.15) is 31.4 Å². The van der Waals surface area contributed by atoms with Crippen LogP contribution in [0.5, 0.6) is 0 Å². The molecular weight excluding hydrogens is 262 g/mol. The lowest BCUT2D eigenvalue weighted by Gasteiger charge is -2.29. The minimum atomic E-state index is -0.0391. The molecule has 3 nitrogen and oxygen atoms in total. The average Bonchev–Trinajstić information content (AvgIpc) is 2.45. The van der Waals surface area contributed by atoms with Gasteiger partial charge in [-0.1, -0.05) is 23.7 Å². The second kappa shape index (κ2) is 7.25. The molecule has 106 valence electrons. The highest BCUT2D eigenvalue weighted by Crippen LogP contribution is 2.22. The summed E-state index contributed by atoms with van der Waals surface area (Å²) in [4.78, 5) is 2.30. The molecule has 4 heteroatoms. The second-order valence-electron chi connectivity index (χ2n) is 5.02. The van der Waals surface area contributed by atoms with Gasteiger partial charge in [0.2, 0.25) is 0 Å². The minimum absolute atomic E-state index is 0.0391. The molecule has 0 bridgehead atoms. The van der Waals surface area contributed by atoms with Crippen LogP contribution in [0.4, 0.5) is 0 Å². The highest BCUT2D eigenvalue weighted by Gasteiger charge is 2.17. The summed E-state index contributed by atoms with van der Waals surface area (Å²) in [5.41, 5.74) is 1.24. The normalized spacial score (nSPS) is 18.7. The van der Waals surface area contributed by atoms with Crippen LogP contribution in [0.15, 0.2) is 24.3 Å². The Hall–Kier alpha value is -0.610. The highest BCUT2D eigenvalue weighted by molar-refractivity contribution is 6.30. The molecule has 1 fully saturated rings. The fourth-order valence-electron chi connectivity index (χ4n) is 2.23. The molecule has 2 rings (SSSR count). The van der Waals surface area contributed by atoms with Gasteiger partial charge in [-0.25, -0.2) is 0 Å². The van der Waals surface area contributed by atoms with Crippen molar-refractivity contribution >= 4 is 11.6 Å². The summed E-state index contributed by atoms with van der Waals surface area (Å²) in [6.45, 7) is 4.77. The highest BCUT2D eigenvalue weighted by atomic mass is 35.5. The third-order valence-corrected chi connectivity index (χ3v) is 3.84. The molecule has 1 aromatic carbocycles. The van der Waals surface area contributed by atoms with E-state index in [0.717, 1.165) is 37.6 Å². The minimum Gasteiger partial charge on any atom is -0.353 e. The first-order valence-corrected chi connectivity index (χ1v) is 7.23. The van der Waals surface area contributed by atoms with E-state index in [1.54, 1.807) is 0 Å². The lowest BCUT2D eigenvalue weighted by Crippen LogP contribution is -2.31. The fourth-order valence-corrected chi connectivity index (χ4v) is 2.43. The van der Waals surface area contributed by atoms with Gasteiger partial charge in [0.15, 0.2) is 6.29 Å². The first-order valence-electron chi connectivity index (χ1n) is 6.86. The molecule has 0 aromatic heterocycles. The number of benzene rings is 1. The summed E-state index contributed by atoms with van der Waals surface area (Å²) in [7, 11) is 2.12. The zero-order chi connectivity index (χ0) is 13.7. The molecule has 0 radical (unpaired) electrons. The van der Waals surface area contributed by atoms with Gasteiger partial charge in [0.1, 0.15) is 0 Å². The standard InChI is InChI=1S/C15H22ClNO2/c1-12(13-5-3-6-14(16)11-13)17(2)8-7-15-18-9-4-10-19-15/h3,5-6,11-12,15H,4,7-10H2,1-2H3. The molecule has 0 amide bonds. The first kappa shape index (κ1) is 14.8. The molecule has 0 saturated carbocycles. The van der Waals surface area contributed by atoms with Crippen molar-refractivity contribution in [2.24, 2.45) is 0 Å². The third-order valence-electron chi connectivity index (χ3n) is 3.61. The van der Waals surface area contributed by atoms with Crippen LogP contribution in [0.3, 0.4) is 0 Å². The van der Waals surface area contributed by atoms with E-state index in [-0.39, 0.29) is 6.29 Å². The molecule has 19 heavy (non-hydrogen) atoms. The van der Waals surface area contributed by atoms with Crippen LogP contribution >= 0.6 is 11.6 Å². The van der Waals surface area contributed by atoms with Gasteiger partial charge in [-0.15, -0.1) is 0 Å². The van der Waals surface area contributed by atoms with Crippen molar-refractivity contribution in [3.05, 3.63) is 34.9 Å². The molecule has 1 aliphatic heterocycles. The van der Waals surface area contributed by atoms with Crippen molar-refractivity contribution < 1.29 is 9.47 Å². The van der Waals surface area contributed by atoms with Crippen molar-refractivity contribution in [3.63, 3.8) is 0 Å². The number of ether oxygens (including phenoxy) is 2. The summed E-state index contributed by atoms with van der Waals surface area (Å²) < 4.78 is 11.1. The van der Waals surface area contributed by atoms with Crippen molar-refractivity contribution in [1.29, 1.82) is 0 Å². The average molecular weight is 284 g/mol. The van der Waals surface area contributed by atoms with E-state index in [1.807, 2.05) is 18.2 Å². The Labute approximate surface area is 120 Å². The van der Waals surface area contributed by atoms with Crippen LogP contribution in [0.2, 0.25) is 5.02 Å². The summed E-state index contributed by atoms with van der Waals surface area (Å²) in [6.07, 6.45) is 1.87. The van der Waals surface area contributed by atoms with Gasteiger partial charge < -0.3 is 9.47 Å². The molecule has 1 atom stereocenters. The monoisotopic (exact) mass is 283 g/mol. The van der Waals surface area contributed by atoms with E-state index >= 15 is 0 Å². The van der Waals surface area contributed by atoms with Gasteiger partial charge >= 0.3 is 0 Å². The molecule has 0 N–H and O–H groups in total. The topological polar surface area (TPSA) is 21.7 Å². The Morgan fingerprint density at radius 3 is 2.79 bits per heavy atom. The number of rotatable bonds is 5. The Morgan fingerprint density at radius 1 is 1.37 bits per heavy atom. The van der Waals surface area contributed by atoms with Crippen LogP contribution in [0.25, 0.3) is 0 Å². The van der Waals surface area contributed by atoms with Crippen molar-refractivity contribution in [2.45, 2.75) is 32.1 Å². The van der Waals surface area contributed by atoms with Gasteiger partial charge in [0.05, 0.1) is 13.2 Å². The van der Waals surface area contributed by atoms with E-state index in [4.69, 9.17) is 21.1 Å². The first-order chi connectivity index (χ1) is 9.16. The van der Waals surface area contributed by atoms with Gasteiger partial charge in [0.25, 0.3) is 0 Å². The molecular formula is C15H22ClNO2. The maximum Gasteiger partial charge on any atom is 0.158 e. The van der Waals surface area contributed by atoms with Gasteiger partial charge in [-0.05, 0) is 38.1 Å². The van der Waals surface area contributed by atoms with Crippen molar-refractivity contribution in [1.82, 2.24) is 4.90 Å². The SMILES string of the molecule is CC(c1cccc(Cl)c1)N(C)CCC1OCCCO1. The molecule has 1 heterocycles. The summed E-state index contributed by atoms with van der Waals surface area (Å²) in [5.74, 6) is 0. The number of halogens is 1. The predicted molar refractivity (Wildman–Crippen MR) is 77.4 cm³/mol. The van der Waals surface area contributed by atoms with Crippen LogP contribution in [0, 0.1) is 0 Å². The smallest absolute Gasteiger partial charge is 0.158 e. The summed E-state index contributed by atoms with van der Waals surface area (Å²) >= 11 is 6.03. The van der Waals surface area contributed by atoms with Crippen LogP contribution < -0.4 is 0 Å². The number of nitrogens with zero attached hydrogens (tertiary/aromatic N) is 1. The van der Waals surface area contributed by atoms with Gasteiger partial charge in [0, 0.05) is 24.0 Å². The largest absolute Gasteiger partial charge is 0.353 e. The van der Waals surface area contributed by atoms with Crippen LogP contribution in [-0.2, 0) is 9.47 Å². The maximum absolute atomic E-state index is 6.03. The number of hydrogen-bond acceptors (Lipinski definition) is 3.